The summed E-state index contributed by atoms with van der Waals surface area (Å²) in [4.78, 5) is 10.9. The predicted octanol–water partition coefficient (Wildman–Crippen LogP) is 7.62. The smallest absolute Gasteiger partial charge is 0.416 e. The molecule has 0 unspecified atom stereocenters. The molecule has 0 spiro atoms. The number of halogens is 7. The second-order valence-electron chi connectivity index (χ2n) is 7.41. The van der Waals surface area contributed by atoms with Gasteiger partial charge in [-0.05, 0) is 80.7 Å². The maximum atomic E-state index is 12.9. The number of benzene rings is 3. The number of carboxylic acid groups (broad SMARTS) is 1. The van der Waals surface area contributed by atoms with Crippen molar-refractivity contribution < 1.29 is 41.0 Å². The Morgan fingerprint density at radius 2 is 1.31 bits per heavy atom. The normalized spacial score (nSPS) is 11.7. The molecule has 0 heterocycles. The molecule has 0 aromatic heterocycles. The number of ether oxygens (including phenoxy) is 1. The van der Waals surface area contributed by atoms with Gasteiger partial charge in [0.2, 0.25) is 0 Å². The summed E-state index contributed by atoms with van der Waals surface area (Å²) in [5.41, 5.74) is -0.0627. The van der Waals surface area contributed by atoms with Crippen molar-refractivity contribution in [2.24, 2.45) is 0 Å². The lowest BCUT2D eigenvalue weighted by atomic mass is 9.95. The summed E-state index contributed by atoms with van der Waals surface area (Å²) in [6.07, 6.45) is -7.69. The molecule has 3 rings (SSSR count). The van der Waals surface area contributed by atoms with Crippen molar-refractivity contribution in [2.75, 3.05) is 6.61 Å². The van der Waals surface area contributed by atoms with Crippen LogP contribution in [-0.4, -0.2) is 17.7 Å². The van der Waals surface area contributed by atoms with E-state index in [1.807, 2.05) is 0 Å². The minimum atomic E-state index is -4.53. The van der Waals surface area contributed by atoms with Crippen molar-refractivity contribution in [1.29, 1.82) is 0 Å². The fourth-order valence-corrected chi connectivity index (χ4v) is 3.78. The van der Waals surface area contributed by atoms with E-state index in [1.165, 1.54) is 24.3 Å². The average Bonchev–Trinajstić information content (AvgIpc) is 2.77. The molecule has 3 aromatic rings. The van der Waals surface area contributed by atoms with Gasteiger partial charge in [-0.3, -0.25) is 4.79 Å². The van der Waals surface area contributed by atoms with E-state index in [9.17, 15) is 31.1 Å². The molecular formula is C25H17BrF6O3. The van der Waals surface area contributed by atoms with Crippen molar-refractivity contribution >= 4 is 27.5 Å². The highest BCUT2D eigenvalue weighted by molar-refractivity contribution is 9.10. The Balaban J connectivity index is 1.90. The zero-order valence-electron chi connectivity index (χ0n) is 17.8. The van der Waals surface area contributed by atoms with E-state index in [0.717, 1.165) is 24.3 Å². The van der Waals surface area contributed by atoms with Crippen LogP contribution in [0.25, 0.3) is 5.57 Å². The highest BCUT2D eigenvalue weighted by Crippen LogP contribution is 2.34. The van der Waals surface area contributed by atoms with Crippen molar-refractivity contribution in [3.05, 3.63) is 105 Å². The Kier molecular flexibility index (Phi) is 7.94. The van der Waals surface area contributed by atoms with Gasteiger partial charge in [0.15, 0.2) is 0 Å². The first-order chi connectivity index (χ1) is 16.3. The molecule has 0 aliphatic rings. The van der Waals surface area contributed by atoms with Crippen LogP contribution in [0.1, 0.15) is 27.8 Å². The lowest BCUT2D eigenvalue weighted by molar-refractivity contribution is -0.138. The van der Waals surface area contributed by atoms with Gasteiger partial charge >= 0.3 is 18.3 Å². The SMILES string of the molecule is O=C(O)Cc1ccc(OCC=C(c2ccc(C(F)(F)F)cc2)c2ccc(C(F)(F)F)cc2)c(Br)c1. The summed E-state index contributed by atoms with van der Waals surface area (Å²) in [6.45, 7) is -0.0613. The molecule has 0 saturated heterocycles. The third-order valence-electron chi connectivity index (χ3n) is 4.92. The lowest BCUT2D eigenvalue weighted by Gasteiger charge is -2.14. The summed E-state index contributed by atoms with van der Waals surface area (Å²) in [6, 6.07) is 13.3. The summed E-state index contributed by atoms with van der Waals surface area (Å²) in [5, 5.41) is 8.89. The number of aliphatic carboxylic acids is 1. The van der Waals surface area contributed by atoms with Crippen molar-refractivity contribution in [1.82, 2.24) is 0 Å². The first-order valence-electron chi connectivity index (χ1n) is 10.0. The van der Waals surface area contributed by atoms with E-state index >= 15 is 0 Å². The van der Waals surface area contributed by atoms with Crippen LogP contribution < -0.4 is 4.74 Å². The predicted molar refractivity (Wildman–Crippen MR) is 121 cm³/mol. The summed E-state index contributed by atoms with van der Waals surface area (Å²) in [5.74, 6) is -0.610. The van der Waals surface area contributed by atoms with Crippen molar-refractivity contribution in [3.8, 4) is 5.75 Å². The second-order valence-corrected chi connectivity index (χ2v) is 8.27. The first kappa shape index (κ1) is 26.3. The number of hydrogen-bond donors (Lipinski definition) is 1. The van der Waals surface area contributed by atoms with Crippen LogP contribution in [-0.2, 0) is 23.6 Å². The van der Waals surface area contributed by atoms with E-state index in [4.69, 9.17) is 9.84 Å². The van der Waals surface area contributed by atoms with Crippen LogP contribution >= 0.6 is 15.9 Å². The van der Waals surface area contributed by atoms with E-state index in [0.29, 0.717) is 32.5 Å². The zero-order valence-corrected chi connectivity index (χ0v) is 19.3. The van der Waals surface area contributed by atoms with Crippen LogP contribution in [0.2, 0.25) is 0 Å². The Hall–Kier alpha value is -3.27. The van der Waals surface area contributed by atoms with Crippen molar-refractivity contribution in [3.63, 3.8) is 0 Å². The van der Waals surface area contributed by atoms with Crippen LogP contribution in [0.4, 0.5) is 26.3 Å². The molecule has 184 valence electrons. The Morgan fingerprint density at radius 1 is 0.829 bits per heavy atom. The number of hydrogen-bond acceptors (Lipinski definition) is 2. The third-order valence-corrected chi connectivity index (χ3v) is 5.54. The van der Waals surface area contributed by atoms with E-state index in [2.05, 4.69) is 15.9 Å². The number of alkyl halides is 6. The van der Waals surface area contributed by atoms with Gasteiger partial charge in [0.25, 0.3) is 0 Å². The van der Waals surface area contributed by atoms with Crippen LogP contribution in [0.5, 0.6) is 5.75 Å². The Morgan fingerprint density at radius 3 is 1.71 bits per heavy atom. The largest absolute Gasteiger partial charge is 0.488 e. The minimum Gasteiger partial charge on any atom is -0.488 e. The third kappa shape index (κ3) is 7.11. The molecule has 1 N–H and O–H groups in total. The molecule has 0 amide bonds. The second kappa shape index (κ2) is 10.6. The van der Waals surface area contributed by atoms with Gasteiger partial charge in [-0.15, -0.1) is 0 Å². The molecule has 0 bridgehead atoms. The van der Waals surface area contributed by atoms with Crippen molar-refractivity contribution in [2.45, 2.75) is 18.8 Å². The van der Waals surface area contributed by atoms with E-state index in [1.54, 1.807) is 24.3 Å². The first-order valence-corrected chi connectivity index (χ1v) is 10.8. The summed E-state index contributed by atoms with van der Waals surface area (Å²) < 4.78 is 83.9. The molecule has 3 nitrogen and oxygen atoms in total. The molecule has 0 aliphatic heterocycles. The quantitative estimate of drug-likeness (QED) is 0.303. The lowest BCUT2D eigenvalue weighted by Crippen LogP contribution is -2.05. The maximum absolute atomic E-state index is 12.9. The molecule has 0 saturated carbocycles. The molecular weight excluding hydrogens is 542 g/mol. The highest BCUT2D eigenvalue weighted by atomic mass is 79.9. The molecule has 35 heavy (non-hydrogen) atoms. The van der Waals surface area contributed by atoms with Crippen LogP contribution in [0.3, 0.4) is 0 Å². The number of carbonyl (C=O) groups is 1. The topological polar surface area (TPSA) is 46.5 Å². The van der Waals surface area contributed by atoms with Crippen LogP contribution in [0.15, 0.2) is 77.3 Å². The van der Waals surface area contributed by atoms with Gasteiger partial charge < -0.3 is 9.84 Å². The van der Waals surface area contributed by atoms with Gasteiger partial charge in [0.1, 0.15) is 12.4 Å². The molecule has 3 aromatic carbocycles. The fourth-order valence-electron chi connectivity index (χ4n) is 3.24. The zero-order chi connectivity index (χ0) is 25.8. The average molecular weight is 559 g/mol. The summed E-state index contributed by atoms with van der Waals surface area (Å²) in [7, 11) is 0. The Labute approximate surface area is 204 Å². The minimum absolute atomic E-state index is 0.0613. The molecule has 0 aliphatic carbocycles. The Bertz CT molecular complexity index is 1150. The van der Waals surface area contributed by atoms with E-state index in [-0.39, 0.29) is 13.0 Å². The molecule has 0 atom stereocenters. The fraction of sp³-hybridized carbons (Fsp3) is 0.160. The van der Waals surface area contributed by atoms with Crippen LogP contribution in [0, 0.1) is 0 Å². The number of rotatable bonds is 7. The standard InChI is InChI=1S/C25H17BrF6O3/c26-21-13-15(14-23(33)34)1-10-22(21)35-12-11-20(16-2-6-18(7-3-16)24(27,28)29)17-4-8-19(9-5-17)25(30,31)32/h1-11,13H,12,14H2,(H,33,34). The maximum Gasteiger partial charge on any atom is 0.416 e. The highest BCUT2D eigenvalue weighted by Gasteiger charge is 2.31. The summed E-state index contributed by atoms with van der Waals surface area (Å²) >= 11 is 3.30. The van der Waals surface area contributed by atoms with Gasteiger partial charge in [-0.1, -0.05) is 30.3 Å². The van der Waals surface area contributed by atoms with Gasteiger partial charge in [0.05, 0.1) is 22.0 Å². The van der Waals surface area contributed by atoms with Gasteiger partial charge in [-0.2, -0.15) is 26.3 Å². The molecule has 10 heteroatoms. The molecule has 0 radical (unpaired) electrons. The molecule has 0 fully saturated rings. The van der Waals surface area contributed by atoms with Gasteiger partial charge in [0, 0.05) is 0 Å². The van der Waals surface area contributed by atoms with Gasteiger partial charge in [-0.25, -0.2) is 0 Å². The monoisotopic (exact) mass is 558 g/mol. The number of carboxylic acids is 1. The van der Waals surface area contributed by atoms with E-state index < -0.39 is 29.4 Å².